The lowest BCUT2D eigenvalue weighted by Gasteiger charge is -2.21. The maximum atomic E-state index is 4.59. The van der Waals surface area contributed by atoms with Crippen molar-refractivity contribution in [2.24, 2.45) is 0 Å². The molecule has 1 N–H and O–H groups in total. The molecule has 5 nitrogen and oxygen atoms in total. The molecule has 0 radical (unpaired) electrons. The molecule has 124 valence electrons. The predicted molar refractivity (Wildman–Crippen MR) is 98.9 cm³/mol. The second-order valence-electron chi connectivity index (χ2n) is 5.26. The third-order valence-corrected chi connectivity index (χ3v) is 3.96. The molecule has 1 aromatic heterocycles. The van der Waals surface area contributed by atoms with Crippen LogP contribution in [0.1, 0.15) is 27.7 Å². The Kier molecular flexibility index (Phi) is 6.20. The standard InChI is InChI=1S/C18H27N5/c1-5-22(6-2)16-11-9-15(10-12-16)20-17-13-14-19-18(21-17)23(7-3)8-4/h9-14H,5-8H2,1-4H3,(H,19,20,21). The van der Waals surface area contributed by atoms with Crippen molar-refractivity contribution < 1.29 is 0 Å². The summed E-state index contributed by atoms with van der Waals surface area (Å²) in [5.74, 6) is 1.58. The predicted octanol–water partition coefficient (Wildman–Crippen LogP) is 3.91. The molecule has 5 heteroatoms. The highest BCUT2D eigenvalue weighted by molar-refractivity contribution is 5.61. The molecule has 0 aliphatic heterocycles. The molecular weight excluding hydrogens is 286 g/mol. The van der Waals surface area contributed by atoms with E-state index in [0.29, 0.717) is 0 Å². The van der Waals surface area contributed by atoms with Crippen molar-refractivity contribution in [2.75, 3.05) is 41.3 Å². The van der Waals surface area contributed by atoms with Crippen LogP contribution in [0.5, 0.6) is 0 Å². The summed E-state index contributed by atoms with van der Waals surface area (Å²) in [4.78, 5) is 13.4. The Labute approximate surface area is 139 Å². The Bertz CT molecular complexity index is 589. The molecule has 1 aromatic carbocycles. The minimum atomic E-state index is 0.764. The van der Waals surface area contributed by atoms with E-state index >= 15 is 0 Å². The van der Waals surface area contributed by atoms with Gasteiger partial charge in [0.05, 0.1) is 0 Å². The van der Waals surface area contributed by atoms with Gasteiger partial charge in [-0.15, -0.1) is 0 Å². The van der Waals surface area contributed by atoms with Gasteiger partial charge in [-0.3, -0.25) is 0 Å². The number of benzene rings is 1. The first-order valence-electron chi connectivity index (χ1n) is 8.41. The summed E-state index contributed by atoms with van der Waals surface area (Å²) in [6.45, 7) is 12.4. The fourth-order valence-corrected chi connectivity index (χ4v) is 2.57. The average molecular weight is 313 g/mol. The van der Waals surface area contributed by atoms with Gasteiger partial charge in [0, 0.05) is 43.8 Å². The quantitative estimate of drug-likeness (QED) is 0.800. The van der Waals surface area contributed by atoms with Crippen molar-refractivity contribution in [2.45, 2.75) is 27.7 Å². The summed E-state index contributed by atoms with van der Waals surface area (Å²) in [5.41, 5.74) is 2.28. The number of anilines is 4. The zero-order valence-electron chi connectivity index (χ0n) is 14.6. The molecule has 2 aromatic rings. The van der Waals surface area contributed by atoms with Crippen LogP contribution in [0.25, 0.3) is 0 Å². The summed E-state index contributed by atoms with van der Waals surface area (Å²) < 4.78 is 0. The lowest BCUT2D eigenvalue weighted by molar-refractivity contribution is 0.822. The van der Waals surface area contributed by atoms with Crippen molar-refractivity contribution >= 4 is 23.1 Å². The molecule has 0 amide bonds. The summed E-state index contributed by atoms with van der Waals surface area (Å²) >= 11 is 0. The highest BCUT2D eigenvalue weighted by Gasteiger charge is 2.06. The topological polar surface area (TPSA) is 44.3 Å². The molecule has 0 saturated carbocycles. The van der Waals surface area contributed by atoms with Gasteiger partial charge >= 0.3 is 0 Å². The third-order valence-electron chi connectivity index (χ3n) is 3.96. The molecule has 2 rings (SSSR count). The van der Waals surface area contributed by atoms with Crippen LogP contribution in [0, 0.1) is 0 Å². The first-order valence-corrected chi connectivity index (χ1v) is 8.41. The lowest BCUT2D eigenvalue weighted by Crippen LogP contribution is -2.24. The first kappa shape index (κ1) is 17.1. The molecule has 0 fully saturated rings. The molecule has 1 heterocycles. The molecule has 0 aliphatic carbocycles. The van der Waals surface area contributed by atoms with E-state index in [1.807, 2.05) is 6.07 Å². The maximum absolute atomic E-state index is 4.59. The summed E-state index contributed by atoms with van der Waals surface area (Å²) in [6.07, 6.45) is 1.80. The van der Waals surface area contributed by atoms with Gasteiger partial charge in [-0.05, 0) is 58.0 Å². The minimum Gasteiger partial charge on any atom is -0.372 e. The SMILES string of the molecule is CCN(CC)c1ccc(Nc2ccnc(N(CC)CC)n2)cc1. The van der Waals surface area contributed by atoms with E-state index in [1.165, 1.54) is 5.69 Å². The highest BCUT2D eigenvalue weighted by Crippen LogP contribution is 2.21. The first-order chi connectivity index (χ1) is 11.2. The van der Waals surface area contributed by atoms with Crippen molar-refractivity contribution in [3.8, 4) is 0 Å². The van der Waals surface area contributed by atoms with Gasteiger partial charge < -0.3 is 15.1 Å². The molecule has 0 saturated heterocycles. The van der Waals surface area contributed by atoms with Crippen LogP contribution >= 0.6 is 0 Å². The fraction of sp³-hybridized carbons (Fsp3) is 0.444. The number of aromatic nitrogens is 2. The van der Waals surface area contributed by atoms with Gasteiger partial charge in [-0.2, -0.15) is 4.98 Å². The summed E-state index contributed by atoms with van der Waals surface area (Å²) in [5, 5.41) is 3.35. The van der Waals surface area contributed by atoms with Crippen molar-refractivity contribution in [3.05, 3.63) is 36.5 Å². The van der Waals surface area contributed by atoms with Gasteiger partial charge in [0.2, 0.25) is 5.95 Å². The second-order valence-corrected chi connectivity index (χ2v) is 5.26. The van der Waals surface area contributed by atoms with Crippen LogP contribution in [0.15, 0.2) is 36.5 Å². The van der Waals surface area contributed by atoms with Gasteiger partial charge in [0.25, 0.3) is 0 Å². The van der Waals surface area contributed by atoms with Crippen molar-refractivity contribution in [1.82, 2.24) is 9.97 Å². The molecular formula is C18H27N5. The van der Waals surface area contributed by atoms with Crippen LogP contribution in [0.2, 0.25) is 0 Å². The van der Waals surface area contributed by atoms with Crippen molar-refractivity contribution in [1.29, 1.82) is 0 Å². The summed E-state index contributed by atoms with van der Waals surface area (Å²) in [6, 6.07) is 10.4. The molecule has 0 spiro atoms. The molecule has 0 bridgehead atoms. The zero-order chi connectivity index (χ0) is 16.7. The maximum Gasteiger partial charge on any atom is 0.227 e. The van der Waals surface area contributed by atoms with Crippen LogP contribution in [0.3, 0.4) is 0 Å². The zero-order valence-corrected chi connectivity index (χ0v) is 14.6. The van der Waals surface area contributed by atoms with E-state index in [0.717, 1.165) is 43.6 Å². The van der Waals surface area contributed by atoms with Crippen LogP contribution in [0.4, 0.5) is 23.1 Å². The second kappa shape index (κ2) is 8.36. The van der Waals surface area contributed by atoms with E-state index < -0.39 is 0 Å². The Hall–Kier alpha value is -2.30. The van der Waals surface area contributed by atoms with E-state index in [9.17, 15) is 0 Å². The van der Waals surface area contributed by atoms with Gasteiger partial charge in [0.15, 0.2) is 0 Å². The fourth-order valence-electron chi connectivity index (χ4n) is 2.57. The monoisotopic (exact) mass is 313 g/mol. The number of hydrogen-bond acceptors (Lipinski definition) is 5. The molecule has 0 unspecified atom stereocenters. The summed E-state index contributed by atoms with van der Waals surface area (Å²) in [7, 11) is 0. The number of hydrogen-bond donors (Lipinski definition) is 1. The van der Waals surface area contributed by atoms with Crippen LogP contribution in [-0.4, -0.2) is 36.1 Å². The lowest BCUT2D eigenvalue weighted by atomic mass is 10.2. The van der Waals surface area contributed by atoms with Crippen LogP contribution in [-0.2, 0) is 0 Å². The Morgan fingerprint density at radius 3 is 2.00 bits per heavy atom. The largest absolute Gasteiger partial charge is 0.372 e. The molecule has 23 heavy (non-hydrogen) atoms. The average Bonchev–Trinajstić information content (AvgIpc) is 2.59. The van der Waals surface area contributed by atoms with Gasteiger partial charge in [-0.25, -0.2) is 4.98 Å². The number of nitrogens with zero attached hydrogens (tertiary/aromatic N) is 4. The number of rotatable bonds is 8. The van der Waals surface area contributed by atoms with Gasteiger partial charge in [0.1, 0.15) is 5.82 Å². The Morgan fingerprint density at radius 1 is 0.826 bits per heavy atom. The highest BCUT2D eigenvalue weighted by atomic mass is 15.3. The van der Waals surface area contributed by atoms with E-state index in [-0.39, 0.29) is 0 Å². The molecule has 0 atom stereocenters. The van der Waals surface area contributed by atoms with Gasteiger partial charge in [-0.1, -0.05) is 0 Å². The van der Waals surface area contributed by atoms with Crippen molar-refractivity contribution in [3.63, 3.8) is 0 Å². The Morgan fingerprint density at radius 2 is 1.43 bits per heavy atom. The third kappa shape index (κ3) is 4.34. The van der Waals surface area contributed by atoms with E-state index in [2.05, 4.69) is 77.0 Å². The Balaban J connectivity index is 2.11. The van der Waals surface area contributed by atoms with Crippen LogP contribution < -0.4 is 15.1 Å². The minimum absolute atomic E-state index is 0.764. The normalized spacial score (nSPS) is 10.4. The van der Waals surface area contributed by atoms with E-state index in [1.54, 1.807) is 6.20 Å². The smallest absolute Gasteiger partial charge is 0.227 e. The molecule has 0 aliphatic rings. The number of nitrogens with one attached hydrogen (secondary N) is 1. The van der Waals surface area contributed by atoms with E-state index in [4.69, 9.17) is 0 Å².